The van der Waals surface area contributed by atoms with Gasteiger partial charge in [0.2, 0.25) is 11.8 Å². The van der Waals surface area contributed by atoms with Crippen LogP contribution in [-0.2, 0) is 0 Å². The van der Waals surface area contributed by atoms with Gasteiger partial charge in [-0.25, -0.2) is 0 Å². The normalized spacial score (nSPS) is 24.1. The Labute approximate surface area is 114 Å². The summed E-state index contributed by atoms with van der Waals surface area (Å²) in [7, 11) is 1.62. The van der Waals surface area contributed by atoms with Crippen molar-refractivity contribution in [3.63, 3.8) is 0 Å². The average molecular weight is 262 g/mol. The summed E-state index contributed by atoms with van der Waals surface area (Å²) < 4.78 is 5.20. The highest BCUT2D eigenvalue weighted by molar-refractivity contribution is 5.47. The summed E-state index contributed by atoms with van der Waals surface area (Å²) in [6.45, 7) is 1.07. The molecule has 0 radical (unpaired) electrons. The van der Waals surface area contributed by atoms with Crippen LogP contribution >= 0.6 is 0 Å². The Bertz CT molecular complexity index is 445. The lowest BCUT2D eigenvalue weighted by molar-refractivity contribution is 0.396. The minimum absolute atomic E-state index is 0.298. The fraction of sp³-hybridized carbons (Fsp3) is 0.714. The Balaban J connectivity index is 1.85. The summed E-state index contributed by atoms with van der Waals surface area (Å²) in [6, 6.07) is 2.53. The molecule has 1 aliphatic carbocycles. The maximum absolute atomic E-state index is 5.77. The summed E-state index contributed by atoms with van der Waals surface area (Å²) in [5.41, 5.74) is 5.77. The Morgan fingerprint density at radius 2 is 2.00 bits per heavy atom. The molecule has 3 rings (SSSR count). The number of hydrogen-bond acceptors (Lipinski definition) is 5. The first-order valence-corrected chi connectivity index (χ1v) is 7.23. The summed E-state index contributed by atoms with van der Waals surface area (Å²) in [5.74, 6) is 2.61. The van der Waals surface area contributed by atoms with Crippen LogP contribution in [0.25, 0.3) is 0 Å². The predicted octanol–water partition coefficient (Wildman–Crippen LogP) is 2.23. The topological polar surface area (TPSA) is 64.3 Å². The van der Waals surface area contributed by atoms with E-state index in [2.05, 4.69) is 14.9 Å². The number of nitrogens with two attached hydrogens (primary N) is 1. The molecule has 5 nitrogen and oxygen atoms in total. The highest BCUT2D eigenvalue weighted by atomic mass is 16.5. The quantitative estimate of drug-likeness (QED) is 0.905. The van der Waals surface area contributed by atoms with Crippen LogP contribution < -0.4 is 15.4 Å². The van der Waals surface area contributed by atoms with Gasteiger partial charge in [-0.15, -0.1) is 0 Å². The molecule has 0 spiro atoms. The van der Waals surface area contributed by atoms with E-state index in [1.807, 2.05) is 6.07 Å². The standard InChI is InChI=1S/C14H22N4O/c1-19-13-9-12(16-14(15)17-13)18-8-4-7-11(18)10-5-2-3-6-10/h9-11H,2-8H2,1H3,(H2,15,16,17). The molecule has 104 valence electrons. The van der Waals surface area contributed by atoms with Gasteiger partial charge in [-0.3, -0.25) is 0 Å². The van der Waals surface area contributed by atoms with Gasteiger partial charge in [-0.2, -0.15) is 9.97 Å². The van der Waals surface area contributed by atoms with Crippen LogP contribution in [0.2, 0.25) is 0 Å². The highest BCUT2D eigenvalue weighted by Crippen LogP contribution is 2.37. The number of methoxy groups -OCH3 is 1. The van der Waals surface area contributed by atoms with E-state index in [-0.39, 0.29) is 0 Å². The monoisotopic (exact) mass is 262 g/mol. The van der Waals surface area contributed by atoms with Crippen molar-refractivity contribution in [1.29, 1.82) is 0 Å². The summed E-state index contributed by atoms with van der Waals surface area (Å²) in [4.78, 5) is 10.9. The molecule has 1 aliphatic heterocycles. The first kappa shape index (κ1) is 12.5. The van der Waals surface area contributed by atoms with Gasteiger partial charge in [0, 0.05) is 18.7 Å². The van der Waals surface area contributed by atoms with Crippen molar-refractivity contribution < 1.29 is 4.74 Å². The van der Waals surface area contributed by atoms with Gasteiger partial charge in [0.05, 0.1) is 7.11 Å². The lowest BCUT2D eigenvalue weighted by Crippen LogP contribution is -2.35. The van der Waals surface area contributed by atoms with Crippen molar-refractivity contribution in [3.05, 3.63) is 6.07 Å². The molecular formula is C14H22N4O. The highest BCUT2D eigenvalue weighted by Gasteiger charge is 2.34. The number of nitrogen functional groups attached to an aromatic ring is 1. The Morgan fingerprint density at radius 1 is 1.21 bits per heavy atom. The molecule has 1 aromatic heterocycles. The van der Waals surface area contributed by atoms with Crippen molar-refractivity contribution in [1.82, 2.24) is 9.97 Å². The lowest BCUT2D eigenvalue weighted by atomic mass is 9.96. The third-order valence-electron chi connectivity index (χ3n) is 4.45. The maximum Gasteiger partial charge on any atom is 0.225 e. The molecule has 0 bridgehead atoms. The summed E-state index contributed by atoms with van der Waals surface area (Å²) in [5, 5.41) is 0. The zero-order valence-corrected chi connectivity index (χ0v) is 11.5. The van der Waals surface area contributed by atoms with Gasteiger partial charge >= 0.3 is 0 Å². The van der Waals surface area contributed by atoms with Crippen molar-refractivity contribution in [3.8, 4) is 5.88 Å². The van der Waals surface area contributed by atoms with Gasteiger partial charge in [0.1, 0.15) is 5.82 Å². The van der Waals surface area contributed by atoms with Crippen LogP contribution in [0.3, 0.4) is 0 Å². The van der Waals surface area contributed by atoms with Gasteiger partial charge in [-0.05, 0) is 31.6 Å². The lowest BCUT2D eigenvalue weighted by Gasteiger charge is -2.30. The summed E-state index contributed by atoms with van der Waals surface area (Å²) >= 11 is 0. The minimum atomic E-state index is 0.298. The fourth-order valence-electron chi connectivity index (χ4n) is 3.59. The predicted molar refractivity (Wildman–Crippen MR) is 75.3 cm³/mol. The van der Waals surface area contributed by atoms with E-state index in [1.54, 1.807) is 7.11 Å². The smallest absolute Gasteiger partial charge is 0.225 e. The number of nitrogens with zero attached hydrogens (tertiary/aromatic N) is 3. The molecule has 0 aromatic carbocycles. The second kappa shape index (κ2) is 5.23. The van der Waals surface area contributed by atoms with E-state index in [0.717, 1.165) is 18.3 Å². The molecule has 5 heteroatoms. The second-order valence-electron chi connectivity index (χ2n) is 5.57. The van der Waals surface area contributed by atoms with Gasteiger partial charge in [-0.1, -0.05) is 12.8 Å². The SMILES string of the molecule is COc1cc(N2CCCC2C2CCCC2)nc(N)n1. The Hall–Kier alpha value is -1.52. The molecule has 1 saturated heterocycles. The zero-order valence-electron chi connectivity index (χ0n) is 11.5. The molecule has 1 atom stereocenters. The second-order valence-corrected chi connectivity index (χ2v) is 5.57. The largest absolute Gasteiger partial charge is 0.481 e. The number of hydrogen-bond donors (Lipinski definition) is 1. The van der Waals surface area contributed by atoms with Crippen molar-refractivity contribution in [2.45, 2.75) is 44.6 Å². The molecular weight excluding hydrogens is 240 g/mol. The van der Waals surface area contributed by atoms with E-state index in [9.17, 15) is 0 Å². The first-order chi connectivity index (χ1) is 9.28. The van der Waals surface area contributed by atoms with Crippen LogP contribution in [-0.4, -0.2) is 29.7 Å². The molecule has 2 heterocycles. The zero-order chi connectivity index (χ0) is 13.2. The van der Waals surface area contributed by atoms with Crippen LogP contribution in [0, 0.1) is 5.92 Å². The summed E-state index contributed by atoms with van der Waals surface area (Å²) in [6.07, 6.45) is 8.00. The van der Waals surface area contributed by atoms with Crippen molar-refractivity contribution in [2.24, 2.45) is 5.92 Å². The van der Waals surface area contributed by atoms with Crippen LogP contribution in [0.5, 0.6) is 5.88 Å². The number of ether oxygens (including phenoxy) is 1. The van der Waals surface area contributed by atoms with E-state index in [0.29, 0.717) is 17.9 Å². The van der Waals surface area contributed by atoms with Crippen molar-refractivity contribution >= 4 is 11.8 Å². The van der Waals surface area contributed by atoms with Gasteiger partial charge < -0.3 is 15.4 Å². The molecule has 2 aliphatic rings. The van der Waals surface area contributed by atoms with Gasteiger partial charge in [0.15, 0.2) is 0 Å². The van der Waals surface area contributed by atoms with Crippen molar-refractivity contribution in [2.75, 3.05) is 24.3 Å². The van der Waals surface area contributed by atoms with Gasteiger partial charge in [0.25, 0.3) is 0 Å². The molecule has 19 heavy (non-hydrogen) atoms. The van der Waals surface area contributed by atoms with E-state index in [4.69, 9.17) is 10.5 Å². The number of anilines is 2. The molecule has 1 saturated carbocycles. The first-order valence-electron chi connectivity index (χ1n) is 7.23. The minimum Gasteiger partial charge on any atom is -0.481 e. The van der Waals surface area contributed by atoms with E-state index in [1.165, 1.54) is 38.5 Å². The van der Waals surface area contributed by atoms with Crippen LogP contribution in [0.1, 0.15) is 38.5 Å². The molecule has 0 amide bonds. The van der Waals surface area contributed by atoms with Crippen LogP contribution in [0.15, 0.2) is 6.07 Å². The number of rotatable bonds is 3. The fourth-order valence-corrected chi connectivity index (χ4v) is 3.59. The Morgan fingerprint density at radius 3 is 2.74 bits per heavy atom. The average Bonchev–Trinajstić information content (AvgIpc) is 3.08. The number of aromatic nitrogens is 2. The molecule has 2 N–H and O–H groups in total. The molecule has 1 unspecified atom stereocenters. The maximum atomic E-state index is 5.77. The molecule has 1 aromatic rings. The third kappa shape index (κ3) is 2.46. The third-order valence-corrected chi connectivity index (χ3v) is 4.45. The molecule has 2 fully saturated rings. The van der Waals surface area contributed by atoms with E-state index < -0.39 is 0 Å². The Kier molecular flexibility index (Phi) is 3.44. The van der Waals surface area contributed by atoms with Crippen LogP contribution in [0.4, 0.5) is 11.8 Å². The van der Waals surface area contributed by atoms with E-state index >= 15 is 0 Å².